The van der Waals surface area contributed by atoms with Crippen LogP contribution in [0.1, 0.15) is 44.5 Å². The number of nitrogens with one attached hydrogen (secondary N) is 2. The third-order valence-corrected chi connectivity index (χ3v) is 5.25. The number of hydrogen-bond donors (Lipinski definition) is 2. The second-order valence-electron chi connectivity index (χ2n) is 7.39. The van der Waals surface area contributed by atoms with Crippen LogP contribution in [0.25, 0.3) is 0 Å². The normalized spacial score (nSPS) is 22.0. The van der Waals surface area contributed by atoms with Crippen LogP contribution in [-0.2, 0) is 11.3 Å². The fourth-order valence-electron chi connectivity index (χ4n) is 3.05. The van der Waals surface area contributed by atoms with E-state index < -0.39 is 0 Å². The molecule has 1 aromatic rings. The fraction of sp³-hybridized carbons (Fsp3) is 0.778. The fourth-order valence-corrected chi connectivity index (χ4v) is 3.76. The van der Waals surface area contributed by atoms with Crippen molar-refractivity contribution in [2.24, 2.45) is 4.99 Å². The number of aromatic nitrogens is 1. The van der Waals surface area contributed by atoms with E-state index in [2.05, 4.69) is 67.1 Å². The first-order valence-corrected chi connectivity index (χ1v) is 9.96. The number of hydrogen-bond acceptors (Lipinski definition) is 5. The van der Waals surface area contributed by atoms with Crippen molar-refractivity contribution in [2.75, 3.05) is 26.2 Å². The minimum absolute atomic E-state index is 0. The molecule has 0 aromatic carbocycles. The van der Waals surface area contributed by atoms with Crippen molar-refractivity contribution >= 4 is 41.3 Å². The smallest absolute Gasteiger partial charge is 0.191 e. The predicted molar refractivity (Wildman–Crippen MR) is 121 cm³/mol. The molecule has 1 aliphatic heterocycles. The molecule has 2 N–H and O–H groups in total. The third-order valence-electron chi connectivity index (χ3n) is 4.35. The van der Waals surface area contributed by atoms with Gasteiger partial charge in [-0.25, -0.2) is 9.98 Å². The van der Waals surface area contributed by atoms with Crippen LogP contribution in [0.2, 0.25) is 0 Å². The first kappa shape index (κ1) is 23.6. The van der Waals surface area contributed by atoms with Crippen LogP contribution in [-0.4, -0.2) is 59.8 Å². The number of aryl methyl sites for hydroxylation is 1. The van der Waals surface area contributed by atoms with Crippen LogP contribution in [0.4, 0.5) is 0 Å². The van der Waals surface area contributed by atoms with Gasteiger partial charge in [0.2, 0.25) is 0 Å². The number of rotatable bonds is 6. The van der Waals surface area contributed by atoms with E-state index in [4.69, 9.17) is 4.74 Å². The maximum atomic E-state index is 5.86. The summed E-state index contributed by atoms with van der Waals surface area (Å²) in [4.78, 5) is 12.8. The van der Waals surface area contributed by atoms with Gasteiger partial charge in [-0.15, -0.1) is 35.3 Å². The van der Waals surface area contributed by atoms with E-state index in [0.717, 1.165) is 37.1 Å². The van der Waals surface area contributed by atoms with Crippen molar-refractivity contribution in [3.05, 3.63) is 16.1 Å². The van der Waals surface area contributed by atoms with Crippen LogP contribution in [0.3, 0.4) is 0 Å². The Morgan fingerprint density at radius 3 is 2.54 bits per heavy atom. The maximum absolute atomic E-state index is 5.86. The Hall–Kier alpha value is -0.450. The van der Waals surface area contributed by atoms with Crippen LogP contribution in [0.15, 0.2) is 11.2 Å². The number of guanidine groups is 1. The zero-order valence-corrected chi connectivity index (χ0v) is 20.0. The standard InChI is InChI=1S/C18H33N5OS.HI/c1-7-19-17(21-9-16-20-8-15(4)25-16)22-12-18(5,6)23-10-13(2)24-14(3)11-23;/h8,13-14H,7,9-12H2,1-6H3,(H2,19,21,22);1H. The first-order chi connectivity index (χ1) is 11.8. The van der Waals surface area contributed by atoms with Gasteiger partial charge in [-0.3, -0.25) is 4.90 Å². The topological polar surface area (TPSA) is 61.8 Å². The zero-order valence-electron chi connectivity index (χ0n) is 16.8. The number of halogens is 1. The van der Waals surface area contributed by atoms with Crippen LogP contribution in [0, 0.1) is 6.92 Å². The molecule has 1 aliphatic rings. The second-order valence-corrected chi connectivity index (χ2v) is 8.71. The van der Waals surface area contributed by atoms with E-state index in [1.54, 1.807) is 11.3 Å². The van der Waals surface area contributed by atoms with E-state index in [-0.39, 0.29) is 41.7 Å². The number of morpholine rings is 1. The molecule has 150 valence electrons. The molecule has 0 amide bonds. The van der Waals surface area contributed by atoms with Crippen LogP contribution >= 0.6 is 35.3 Å². The minimum Gasteiger partial charge on any atom is -0.373 e. The Labute approximate surface area is 179 Å². The van der Waals surface area contributed by atoms with Gasteiger partial charge in [0, 0.05) is 42.8 Å². The van der Waals surface area contributed by atoms with Gasteiger partial charge in [-0.2, -0.15) is 0 Å². The molecule has 2 unspecified atom stereocenters. The molecule has 2 atom stereocenters. The first-order valence-electron chi connectivity index (χ1n) is 9.14. The summed E-state index contributed by atoms with van der Waals surface area (Å²) in [6, 6.07) is 0. The Kier molecular flexibility index (Phi) is 9.77. The summed E-state index contributed by atoms with van der Waals surface area (Å²) in [5.41, 5.74) is 0.0280. The molecule has 0 aliphatic carbocycles. The lowest BCUT2D eigenvalue weighted by Gasteiger charge is -2.45. The van der Waals surface area contributed by atoms with Gasteiger partial charge in [-0.1, -0.05) is 0 Å². The summed E-state index contributed by atoms with van der Waals surface area (Å²) >= 11 is 1.70. The highest BCUT2D eigenvalue weighted by molar-refractivity contribution is 14.0. The van der Waals surface area contributed by atoms with Crippen LogP contribution in [0.5, 0.6) is 0 Å². The SMILES string of the molecule is CCNC(=NCc1ncc(C)s1)NCC(C)(C)N1CC(C)OC(C)C1.I. The van der Waals surface area contributed by atoms with Crippen molar-refractivity contribution in [3.8, 4) is 0 Å². The monoisotopic (exact) mass is 495 g/mol. The Bertz CT molecular complexity index is 568. The van der Waals surface area contributed by atoms with Gasteiger partial charge in [-0.05, 0) is 41.5 Å². The average Bonchev–Trinajstić information content (AvgIpc) is 2.95. The molecule has 0 bridgehead atoms. The lowest BCUT2D eigenvalue weighted by atomic mass is 10.00. The summed E-state index contributed by atoms with van der Waals surface area (Å²) in [6.07, 6.45) is 2.45. The highest BCUT2D eigenvalue weighted by Gasteiger charge is 2.33. The molecule has 0 radical (unpaired) electrons. The Morgan fingerprint density at radius 1 is 1.35 bits per heavy atom. The summed E-state index contributed by atoms with van der Waals surface area (Å²) in [5.74, 6) is 0.845. The van der Waals surface area contributed by atoms with Gasteiger partial charge in [0.15, 0.2) is 5.96 Å². The number of thiazole rings is 1. The summed E-state index contributed by atoms with van der Waals surface area (Å²) < 4.78 is 5.86. The molecule has 26 heavy (non-hydrogen) atoms. The molecule has 0 saturated carbocycles. The van der Waals surface area contributed by atoms with Crippen molar-refractivity contribution in [1.82, 2.24) is 20.5 Å². The highest BCUT2D eigenvalue weighted by atomic mass is 127. The quantitative estimate of drug-likeness (QED) is 0.361. The van der Waals surface area contributed by atoms with Crippen molar-refractivity contribution < 1.29 is 4.74 Å². The molecule has 2 heterocycles. The molecular weight excluding hydrogens is 461 g/mol. The van der Waals surface area contributed by atoms with E-state index >= 15 is 0 Å². The van der Waals surface area contributed by atoms with E-state index in [0.29, 0.717) is 6.54 Å². The van der Waals surface area contributed by atoms with Gasteiger partial charge >= 0.3 is 0 Å². The van der Waals surface area contributed by atoms with Crippen molar-refractivity contribution in [1.29, 1.82) is 0 Å². The molecule has 1 fully saturated rings. The predicted octanol–water partition coefficient (Wildman–Crippen LogP) is 3.01. The third kappa shape index (κ3) is 7.28. The van der Waals surface area contributed by atoms with Crippen LogP contribution < -0.4 is 10.6 Å². The maximum Gasteiger partial charge on any atom is 0.191 e. The largest absolute Gasteiger partial charge is 0.373 e. The average molecular weight is 495 g/mol. The summed E-state index contributed by atoms with van der Waals surface area (Å²) in [7, 11) is 0. The van der Waals surface area contributed by atoms with Gasteiger partial charge in [0.25, 0.3) is 0 Å². The number of nitrogens with zero attached hydrogens (tertiary/aromatic N) is 3. The molecule has 0 spiro atoms. The van der Waals surface area contributed by atoms with E-state index in [1.807, 2.05) is 6.20 Å². The Morgan fingerprint density at radius 2 is 2.00 bits per heavy atom. The summed E-state index contributed by atoms with van der Waals surface area (Å²) in [5, 5.41) is 7.87. The Balaban J connectivity index is 0.00000338. The second kappa shape index (κ2) is 10.8. The van der Waals surface area contributed by atoms with Gasteiger partial charge < -0.3 is 15.4 Å². The van der Waals surface area contributed by atoms with Crippen molar-refractivity contribution in [2.45, 2.75) is 65.8 Å². The lowest BCUT2D eigenvalue weighted by Crippen LogP contribution is -2.59. The summed E-state index contributed by atoms with van der Waals surface area (Å²) in [6.45, 7) is 17.2. The van der Waals surface area contributed by atoms with E-state index in [9.17, 15) is 0 Å². The van der Waals surface area contributed by atoms with Crippen molar-refractivity contribution in [3.63, 3.8) is 0 Å². The molecule has 6 nitrogen and oxygen atoms in total. The minimum atomic E-state index is 0. The highest BCUT2D eigenvalue weighted by Crippen LogP contribution is 2.20. The number of aliphatic imine (C=N–C) groups is 1. The van der Waals surface area contributed by atoms with Gasteiger partial charge in [0.1, 0.15) is 5.01 Å². The van der Waals surface area contributed by atoms with E-state index in [1.165, 1.54) is 4.88 Å². The number of ether oxygens (including phenoxy) is 1. The molecule has 1 aromatic heterocycles. The molecule has 2 rings (SSSR count). The molecular formula is C18H34IN5OS. The zero-order chi connectivity index (χ0) is 18.4. The molecule has 8 heteroatoms. The van der Waals surface area contributed by atoms with Gasteiger partial charge in [0.05, 0.1) is 18.8 Å². The lowest BCUT2D eigenvalue weighted by molar-refractivity contribution is -0.0946. The molecule has 1 saturated heterocycles.